The van der Waals surface area contributed by atoms with E-state index in [1.165, 1.54) is 27.1 Å². The van der Waals surface area contributed by atoms with E-state index in [9.17, 15) is 0 Å². The van der Waals surface area contributed by atoms with Gasteiger partial charge in [-0.25, -0.2) is 0 Å². The van der Waals surface area contributed by atoms with Crippen molar-refractivity contribution in [3.8, 4) is 0 Å². The second-order valence-electron chi connectivity index (χ2n) is 6.42. The fourth-order valence-electron chi connectivity index (χ4n) is 2.41. The zero-order valence-electron chi connectivity index (χ0n) is 12.8. The molecule has 2 aromatic rings. The first kappa shape index (κ1) is 15.3. The molecule has 2 rings (SSSR count). The van der Waals surface area contributed by atoms with Crippen LogP contribution in [0, 0.1) is 13.8 Å². The van der Waals surface area contributed by atoms with Crippen LogP contribution in [-0.2, 0) is 5.41 Å². The number of benzene rings is 2. The Morgan fingerprint density at radius 1 is 0.950 bits per heavy atom. The summed E-state index contributed by atoms with van der Waals surface area (Å²) in [6.07, 6.45) is 0. The predicted molar refractivity (Wildman–Crippen MR) is 91.1 cm³/mol. The number of hydrogen-bond acceptors (Lipinski definition) is 0. The minimum absolute atomic E-state index is 0.0834. The highest BCUT2D eigenvalue weighted by Crippen LogP contribution is 2.27. The molecule has 0 aliphatic heterocycles. The smallest absolute Gasteiger partial charge is 0.0842 e. The molecule has 0 nitrogen and oxygen atoms in total. The molecule has 0 fully saturated rings. The second-order valence-corrected chi connectivity index (χ2v) is 8.16. The number of halogens is 1. The van der Waals surface area contributed by atoms with E-state index in [0.717, 1.165) is 5.02 Å². The number of hydrogen-bond donors (Lipinski definition) is 0. The van der Waals surface area contributed by atoms with Crippen LogP contribution in [0.4, 0.5) is 0 Å². The van der Waals surface area contributed by atoms with Crippen molar-refractivity contribution in [3.05, 3.63) is 58.1 Å². The molecule has 20 heavy (non-hydrogen) atoms. The van der Waals surface area contributed by atoms with Gasteiger partial charge in [-0.05, 0) is 30.0 Å². The largest absolute Gasteiger partial charge is 0.123 e. The van der Waals surface area contributed by atoms with Gasteiger partial charge in [0.25, 0.3) is 0 Å². The van der Waals surface area contributed by atoms with Crippen LogP contribution >= 0.6 is 11.6 Å². The first-order chi connectivity index (χ1) is 9.27. The molecule has 0 N–H and O–H groups in total. The monoisotopic (exact) mass is 300 g/mol. The van der Waals surface area contributed by atoms with Gasteiger partial charge >= 0.3 is 0 Å². The van der Waals surface area contributed by atoms with Crippen LogP contribution in [0.25, 0.3) is 0 Å². The Hall–Kier alpha value is -1.05. The minimum Gasteiger partial charge on any atom is -0.0842 e. The fourth-order valence-corrected chi connectivity index (χ4v) is 4.30. The lowest BCUT2D eigenvalue weighted by Crippen LogP contribution is -2.30. The van der Waals surface area contributed by atoms with Crippen molar-refractivity contribution in [3.63, 3.8) is 0 Å². The van der Waals surface area contributed by atoms with Crippen LogP contribution in [0.15, 0.2) is 36.4 Å². The van der Waals surface area contributed by atoms with Gasteiger partial charge in [0.15, 0.2) is 0 Å². The summed E-state index contributed by atoms with van der Waals surface area (Å²) in [5.74, 6) is 0. The quantitative estimate of drug-likeness (QED) is 0.738. The summed E-state index contributed by atoms with van der Waals surface area (Å²) in [6.45, 7) is 10.9. The maximum absolute atomic E-state index is 6.63. The number of aryl methyl sites for hydroxylation is 2. The van der Waals surface area contributed by atoms with Gasteiger partial charge in [0.1, 0.15) is 9.52 Å². The van der Waals surface area contributed by atoms with Crippen molar-refractivity contribution in [2.75, 3.05) is 0 Å². The Morgan fingerprint density at radius 3 is 2.10 bits per heavy atom. The molecule has 0 atom stereocenters. The van der Waals surface area contributed by atoms with E-state index in [-0.39, 0.29) is 5.41 Å². The minimum atomic E-state index is 0.0834. The Balaban J connectivity index is 2.39. The summed E-state index contributed by atoms with van der Waals surface area (Å²) in [5, 5.41) is 3.53. The molecule has 0 aromatic heterocycles. The van der Waals surface area contributed by atoms with Gasteiger partial charge < -0.3 is 0 Å². The Bertz CT molecular complexity index is 604. The van der Waals surface area contributed by atoms with Crippen molar-refractivity contribution in [1.82, 2.24) is 0 Å². The standard InChI is InChI=1S/C18H21ClSi/c1-12-9-13(2)11-14(10-12)20-16-8-6-7-15(17(16)19)18(3,4)5/h6-11H,1-5H3. The Labute approximate surface area is 130 Å². The van der Waals surface area contributed by atoms with E-state index in [1.807, 2.05) is 0 Å². The second kappa shape index (κ2) is 5.75. The number of rotatable bonds is 2. The summed E-state index contributed by atoms with van der Waals surface area (Å²) in [7, 11) is 0.612. The average Bonchev–Trinajstić information content (AvgIpc) is 2.29. The highest BCUT2D eigenvalue weighted by molar-refractivity contribution is 6.70. The van der Waals surface area contributed by atoms with Gasteiger partial charge in [0.2, 0.25) is 0 Å². The van der Waals surface area contributed by atoms with Crippen LogP contribution in [0.1, 0.15) is 37.5 Å². The summed E-state index contributed by atoms with van der Waals surface area (Å²) in [6, 6.07) is 13.1. The maximum Gasteiger partial charge on any atom is 0.123 e. The average molecular weight is 301 g/mol. The molecule has 0 saturated heterocycles. The summed E-state index contributed by atoms with van der Waals surface area (Å²) in [4.78, 5) is 0. The molecule has 0 bridgehead atoms. The lowest BCUT2D eigenvalue weighted by Gasteiger charge is -2.22. The molecule has 0 heterocycles. The molecule has 104 valence electrons. The molecule has 0 spiro atoms. The van der Waals surface area contributed by atoms with Crippen molar-refractivity contribution in [1.29, 1.82) is 0 Å². The van der Waals surface area contributed by atoms with E-state index in [0.29, 0.717) is 9.52 Å². The van der Waals surface area contributed by atoms with Gasteiger partial charge in [0.05, 0.1) is 0 Å². The van der Waals surface area contributed by atoms with Gasteiger partial charge in [-0.3, -0.25) is 0 Å². The zero-order valence-corrected chi connectivity index (χ0v) is 14.6. The van der Waals surface area contributed by atoms with Crippen molar-refractivity contribution < 1.29 is 0 Å². The molecule has 2 aromatic carbocycles. The molecule has 0 aliphatic carbocycles. The third-order valence-electron chi connectivity index (χ3n) is 3.31. The Morgan fingerprint density at radius 2 is 1.55 bits per heavy atom. The SMILES string of the molecule is Cc1cc(C)cc([Si]c2cccc(C(C)(C)C)c2Cl)c1. The molecule has 0 unspecified atom stereocenters. The first-order valence-electron chi connectivity index (χ1n) is 6.92. The maximum atomic E-state index is 6.63. The normalized spacial score (nSPS) is 11.7. The molecule has 0 amide bonds. The predicted octanol–water partition coefficient (Wildman–Crippen LogP) is 3.91. The van der Waals surface area contributed by atoms with Gasteiger partial charge in [-0.2, -0.15) is 0 Å². The molecular weight excluding hydrogens is 280 g/mol. The topological polar surface area (TPSA) is 0 Å². The van der Waals surface area contributed by atoms with Crippen molar-refractivity contribution in [2.24, 2.45) is 0 Å². The summed E-state index contributed by atoms with van der Waals surface area (Å²) < 4.78 is 0. The van der Waals surface area contributed by atoms with Crippen LogP contribution in [0.3, 0.4) is 0 Å². The third kappa shape index (κ3) is 3.53. The van der Waals surface area contributed by atoms with Gasteiger partial charge in [-0.15, -0.1) is 0 Å². The summed E-state index contributed by atoms with van der Waals surface area (Å²) >= 11 is 6.63. The molecule has 0 saturated carbocycles. The van der Waals surface area contributed by atoms with Gasteiger partial charge in [-0.1, -0.05) is 85.1 Å². The highest BCUT2D eigenvalue weighted by atomic mass is 35.5. The van der Waals surface area contributed by atoms with E-state index in [1.54, 1.807) is 0 Å². The first-order valence-corrected chi connectivity index (χ1v) is 8.29. The van der Waals surface area contributed by atoms with Crippen LogP contribution in [0.5, 0.6) is 0 Å². The zero-order chi connectivity index (χ0) is 14.9. The molecule has 2 heteroatoms. The van der Waals surface area contributed by atoms with Crippen LogP contribution in [-0.4, -0.2) is 9.52 Å². The molecular formula is C18H21ClSi. The van der Waals surface area contributed by atoms with Gasteiger partial charge in [0, 0.05) is 5.02 Å². The third-order valence-corrected chi connectivity index (χ3v) is 5.14. The fraction of sp³-hybridized carbons (Fsp3) is 0.333. The van der Waals surface area contributed by atoms with E-state index in [4.69, 9.17) is 11.6 Å². The molecule has 0 aliphatic rings. The summed E-state index contributed by atoms with van der Waals surface area (Å²) in [5.41, 5.74) is 3.94. The highest BCUT2D eigenvalue weighted by Gasteiger charge is 2.19. The Kier molecular flexibility index (Phi) is 4.41. The van der Waals surface area contributed by atoms with Crippen LogP contribution in [0.2, 0.25) is 5.02 Å². The van der Waals surface area contributed by atoms with Crippen molar-refractivity contribution >= 4 is 31.5 Å². The lowest BCUT2D eigenvalue weighted by atomic mass is 9.87. The molecule has 2 radical (unpaired) electrons. The van der Waals surface area contributed by atoms with E-state index < -0.39 is 0 Å². The van der Waals surface area contributed by atoms with Crippen LogP contribution < -0.4 is 10.4 Å². The van der Waals surface area contributed by atoms with Crippen molar-refractivity contribution in [2.45, 2.75) is 40.0 Å². The van der Waals surface area contributed by atoms with E-state index >= 15 is 0 Å². The van der Waals surface area contributed by atoms with E-state index in [2.05, 4.69) is 71.0 Å². The lowest BCUT2D eigenvalue weighted by molar-refractivity contribution is 0.591.